The molecule has 1 unspecified atom stereocenters. The monoisotopic (exact) mass is 450 g/mol. The van der Waals surface area contributed by atoms with E-state index >= 15 is 0 Å². The lowest BCUT2D eigenvalue weighted by Gasteiger charge is -2.30. The fourth-order valence-electron chi connectivity index (χ4n) is 3.74. The lowest BCUT2D eigenvalue weighted by Crippen LogP contribution is -2.31. The zero-order valence-corrected chi connectivity index (χ0v) is 17.7. The number of aromatic nitrogens is 2. The number of hydrogen-bond acceptors (Lipinski definition) is 7. The molecule has 3 N–H and O–H groups in total. The summed E-state index contributed by atoms with van der Waals surface area (Å²) in [5, 5.41) is 14.2. The molecule has 0 saturated heterocycles. The highest BCUT2D eigenvalue weighted by molar-refractivity contribution is 7.71. The highest BCUT2D eigenvalue weighted by Crippen LogP contribution is 2.42. The number of nitro benzene ring substituents is 1. The van der Waals surface area contributed by atoms with Crippen LogP contribution in [0.5, 0.6) is 0 Å². The van der Waals surface area contributed by atoms with Gasteiger partial charge in [0, 0.05) is 12.1 Å². The van der Waals surface area contributed by atoms with Gasteiger partial charge in [-0.2, -0.15) is 0 Å². The lowest BCUT2D eigenvalue weighted by atomic mass is 9.81. The van der Waals surface area contributed by atoms with Crippen molar-refractivity contribution in [3.63, 3.8) is 0 Å². The summed E-state index contributed by atoms with van der Waals surface area (Å²) in [6.45, 7) is 1.83. The number of nitrogens with one attached hydrogen (secondary N) is 3. The molecular weight excluding hydrogens is 432 g/mol. The Kier molecular flexibility index (Phi) is 5.69. The largest absolute Gasteiger partial charge is 0.463 e. The van der Waals surface area contributed by atoms with E-state index in [4.69, 9.17) is 17.0 Å². The van der Waals surface area contributed by atoms with Crippen molar-refractivity contribution in [2.45, 2.75) is 12.8 Å². The second kappa shape index (κ2) is 8.60. The predicted molar refractivity (Wildman–Crippen MR) is 121 cm³/mol. The van der Waals surface area contributed by atoms with Crippen molar-refractivity contribution in [2.75, 3.05) is 11.9 Å². The Morgan fingerprint density at radius 3 is 2.44 bits per heavy atom. The van der Waals surface area contributed by atoms with E-state index in [1.165, 1.54) is 24.3 Å². The van der Waals surface area contributed by atoms with Crippen molar-refractivity contribution in [2.24, 2.45) is 0 Å². The number of ether oxygens (including phenoxy) is 1. The summed E-state index contributed by atoms with van der Waals surface area (Å²) in [4.78, 5) is 42.2. The Morgan fingerprint density at radius 2 is 1.81 bits per heavy atom. The molecule has 1 aliphatic rings. The van der Waals surface area contributed by atoms with Crippen molar-refractivity contribution in [1.82, 2.24) is 9.97 Å². The minimum atomic E-state index is -0.757. The Balaban J connectivity index is 2.03. The second-order valence-corrected chi connectivity index (χ2v) is 7.39. The van der Waals surface area contributed by atoms with Gasteiger partial charge in [0.2, 0.25) is 0 Å². The molecule has 0 spiro atoms. The van der Waals surface area contributed by atoms with Gasteiger partial charge in [0.25, 0.3) is 11.2 Å². The number of carbonyl (C=O) groups is 1. The molecule has 2 heterocycles. The number of rotatable bonds is 5. The first-order valence-electron chi connectivity index (χ1n) is 9.75. The van der Waals surface area contributed by atoms with Crippen LogP contribution >= 0.6 is 12.2 Å². The van der Waals surface area contributed by atoms with Gasteiger partial charge >= 0.3 is 5.97 Å². The number of anilines is 1. The van der Waals surface area contributed by atoms with Gasteiger partial charge in [0.1, 0.15) is 5.82 Å². The normalized spacial score (nSPS) is 15.0. The standard InChI is InChI=1S/C22H18N4O5S/c1-2-31-21(28)16-15(12-6-4-3-5-7-12)17-19(24-22(32)25-20(17)27)23-18(16)13-8-10-14(11-9-13)26(29)30/h3-11,15H,2H2,1H3,(H3,23,24,25,27,32). The Bertz CT molecular complexity index is 1340. The number of non-ortho nitro benzene ring substituents is 1. The summed E-state index contributed by atoms with van der Waals surface area (Å²) < 4.78 is 5.46. The van der Waals surface area contributed by atoms with E-state index in [-0.39, 0.29) is 22.6 Å². The SMILES string of the molecule is CCOC(=O)C1=C(c2ccc([N+](=O)[O-])cc2)Nc2[nH]c(=S)[nH]c(=O)c2C1c1ccccc1. The van der Waals surface area contributed by atoms with Gasteiger partial charge < -0.3 is 15.0 Å². The van der Waals surface area contributed by atoms with Crippen LogP contribution in [0.1, 0.15) is 29.5 Å². The summed E-state index contributed by atoms with van der Waals surface area (Å²) in [6, 6.07) is 14.8. The lowest BCUT2D eigenvalue weighted by molar-refractivity contribution is -0.384. The number of aromatic amines is 2. The number of esters is 1. The third kappa shape index (κ3) is 3.83. The van der Waals surface area contributed by atoms with Crippen molar-refractivity contribution >= 4 is 35.4 Å². The molecule has 0 bridgehead atoms. The summed E-state index contributed by atoms with van der Waals surface area (Å²) in [5.41, 5.74) is 1.58. The highest BCUT2D eigenvalue weighted by Gasteiger charge is 2.37. The maximum atomic E-state index is 13.2. The van der Waals surface area contributed by atoms with E-state index in [9.17, 15) is 19.7 Å². The van der Waals surface area contributed by atoms with Crippen molar-refractivity contribution in [3.8, 4) is 0 Å². The van der Waals surface area contributed by atoms with E-state index in [0.29, 0.717) is 28.2 Å². The van der Waals surface area contributed by atoms with E-state index < -0.39 is 22.4 Å². The Labute approximate surface area is 186 Å². The van der Waals surface area contributed by atoms with Crippen LogP contribution in [0.2, 0.25) is 0 Å². The maximum absolute atomic E-state index is 13.2. The second-order valence-electron chi connectivity index (χ2n) is 6.98. The molecule has 0 fully saturated rings. The quantitative estimate of drug-likeness (QED) is 0.233. The van der Waals surface area contributed by atoms with Gasteiger partial charge in [-0.3, -0.25) is 19.9 Å². The topological polar surface area (TPSA) is 130 Å². The first-order valence-corrected chi connectivity index (χ1v) is 10.2. The first-order chi connectivity index (χ1) is 15.4. The van der Waals surface area contributed by atoms with Gasteiger partial charge in [-0.05, 0) is 42.4 Å². The van der Waals surface area contributed by atoms with Crippen LogP contribution in [0.25, 0.3) is 5.70 Å². The van der Waals surface area contributed by atoms with Gasteiger partial charge in [-0.25, -0.2) is 4.79 Å². The zero-order valence-electron chi connectivity index (χ0n) is 16.9. The minimum Gasteiger partial charge on any atom is -0.463 e. The molecule has 32 heavy (non-hydrogen) atoms. The molecule has 9 nitrogen and oxygen atoms in total. The van der Waals surface area contributed by atoms with Crippen LogP contribution in [0.3, 0.4) is 0 Å². The van der Waals surface area contributed by atoms with Crippen molar-refractivity contribution < 1.29 is 14.5 Å². The van der Waals surface area contributed by atoms with Crippen LogP contribution in [0, 0.1) is 14.9 Å². The van der Waals surface area contributed by atoms with Gasteiger partial charge in [0.05, 0.1) is 34.3 Å². The number of benzene rings is 2. The molecular formula is C22H18N4O5S. The van der Waals surface area contributed by atoms with E-state index in [1.807, 2.05) is 30.3 Å². The number of hydrogen-bond donors (Lipinski definition) is 3. The number of carbonyl (C=O) groups excluding carboxylic acids is 1. The third-order valence-corrected chi connectivity index (χ3v) is 5.28. The maximum Gasteiger partial charge on any atom is 0.337 e. The molecule has 0 saturated carbocycles. The van der Waals surface area contributed by atoms with Crippen molar-refractivity contribution in [3.05, 3.63) is 102 Å². The molecule has 162 valence electrons. The van der Waals surface area contributed by atoms with Crippen molar-refractivity contribution in [1.29, 1.82) is 0 Å². The summed E-state index contributed by atoms with van der Waals surface area (Å²) in [6.07, 6.45) is 0. The smallest absolute Gasteiger partial charge is 0.337 e. The molecule has 0 amide bonds. The van der Waals surface area contributed by atoms with Gasteiger partial charge in [-0.15, -0.1) is 0 Å². The molecule has 4 rings (SSSR count). The number of H-pyrrole nitrogens is 2. The molecule has 3 aromatic rings. The molecule has 1 atom stereocenters. The average molecular weight is 450 g/mol. The molecule has 0 radical (unpaired) electrons. The zero-order chi connectivity index (χ0) is 22.8. The Morgan fingerprint density at radius 1 is 1.12 bits per heavy atom. The fraction of sp³-hybridized carbons (Fsp3) is 0.136. The van der Waals surface area contributed by atoms with Crippen LogP contribution < -0.4 is 10.9 Å². The number of fused-ring (bicyclic) bond motifs is 1. The third-order valence-electron chi connectivity index (χ3n) is 5.07. The fourth-order valence-corrected chi connectivity index (χ4v) is 3.93. The average Bonchev–Trinajstić information content (AvgIpc) is 2.78. The van der Waals surface area contributed by atoms with Crippen LogP contribution in [0.15, 0.2) is 65.0 Å². The van der Waals surface area contributed by atoms with Crippen LogP contribution in [0.4, 0.5) is 11.5 Å². The summed E-state index contributed by atoms with van der Waals surface area (Å²) in [5.74, 6) is -1.02. The Hall–Kier alpha value is -4.05. The molecule has 0 aliphatic carbocycles. The van der Waals surface area contributed by atoms with Crippen LogP contribution in [-0.4, -0.2) is 27.5 Å². The molecule has 1 aromatic heterocycles. The van der Waals surface area contributed by atoms with E-state index in [2.05, 4.69) is 15.3 Å². The minimum absolute atomic E-state index is 0.0845. The molecule has 10 heteroatoms. The van der Waals surface area contributed by atoms with Gasteiger partial charge in [0.15, 0.2) is 4.77 Å². The number of nitrogens with zero attached hydrogens (tertiary/aromatic N) is 1. The van der Waals surface area contributed by atoms with E-state index in [0.717, 1.165) is 0 Å². The number of nitro groups is 1. The predicted octanol–water partition coefficient (Wildman–Crippen LogP) is 3.87. The van der Waals surface area contributed by atoms with Gasteiger partial charge in [-0.1, -0.05) is 30.3 Å². The molecule has 1 aliphatic heterocycles. The summed E-state index contributed by atoms with van der Waals surface area (Å²) in [7, 11) is 0. The molecule has 2 aromatic carbocycles. The van der Waals surface area contributed by atoms with E-state index in [1.54, 1.807) is 6.92 Å². The highest BCUT2D eigenvalue weighted by atomic mass is 32.1. The van der Waals surface area contributed by atoms with Crippen LogP contribution in [-0.2, 0) is 9.53 Å². The summed E-state index contributed by atoms with van der Waals surface area (Å²) >= 11 is 5.13. The first kappa shape index (κ1) is 21.2.